The predicted octanol–water partition coefficient (Wildman–Crippen LogP) is 2.17. The molecule has 2 aromatic rings. The number of sulfonamides is 1. The lowest BCUT2D eigenvalue weighted by Crippen LogP contribution is -2.25. The molecule has 0 saturated heterocycles. The molecule has 0 aliphatic heterocycles. The van der Waals surface area contributed by atoms with Crippen molar-refractivity contribution in [1.82, 2.24) is 5.32 Å². The number of primary sulfonamides is 1. The van der Waals surface area contributed by atoms with Crippen molar-refractivity contribution in [2.75, 3.05) is 12.3 Å². The molecule has 104 valence electrons. The maximum absolute atomic E-state index is 10.9. The smallest absolute Gasteiger partial charge is 0.209 e. The van der Waals surface area contributed by atoms with Gasteiger partial charge in [-0.25, -0.2) is 13.6 Å². The number of hydrogen-bond donors (Lipinski definition) is 2. The highest BCUT2D eigenvalue weighted by atomic mass is 32.2. The quantitative estimate of drug-likeness (QED) is 0.769. The van der Waals surface area contributed by atoms with E-state index in [-0.39, 0.29) is 11.8 Å². The molecular formula is C12H16N2O2S3. The first-order valence-corrected chi connectivity index (χ1v) is 9.34. The first-order valence-electron chi connectivity index (χ1n) is 5.87. The third kappa shape index (κ3) is 4.70. The van der Waals surface area contributed by atoms with Gasteiger partial charge < -0.3 is 5.32 Å². The topological polar surface area (TPSA) is 72.2 Å². The standard InChI is InChI=1S/C12H16N2O2S3/c13-19(15,16)9-3-6-14-12(10-4-1-7-17-10)11-5-2-8-18-11/h1-2,4-5,7-8,12,14H,3,6,9H2,(H2,13,15,16). The molecule has 0 amide bonds. The molecule has 0 saturated carbocycles. The van der Waals surface area contributed by atoms with Crippen LogP contribution in [-0.4, -0.2) is 20.7 Å². The van der Waals surface area contributed by atoms with Crippen LogP contribution in [0.25, 0.3) is 0 Å². The third-order valence-corrected chi connectivity index (χ3v) is 5.34. The maximum atomic E-state index is 10.9. The molecule has 0 radical (unpaired) electrons. The van der Waals surface area contributed by atoms with Gasteiger partial charge in [-0.05, 0) is 35.9 Å². The lowest BCUT2D eigenvalue weighted by molar-refractivity contribution is 0.582. The maximum Gasteiger partial charge on any atom is 0.209 e. The third-order valence-electron chi connectivity index (χ3n) is 2.61. The molecule has 2 heterocycles. The number of nitrogens with two attached hydrogens (primary N) is 1. The van der Waals surface area contributed by atoms with Crippen molar-refractivity contribution in [2.45, 2.75) is 12.5 Å². The van der Waals surface area contributed by atoms with Crippen molar-refractivity contribution in [3.8, 4) is 0 Å². The van der Waals surface area contributed by atoms with Gasteiger partial charge in [0.25, 0.3) is 0 Å². The van der Waals surface area contributed by atoms with Crippen molar-refractivity contribution in [2.24, 2.45) is 5.14 Å². The Bertz CT molecular complexity index is 542. The average molecular weight is 316 g/mol. The van der Waals surface area contributed by atoms with E-state index < -0.39 is 10.0 Å². The van der Waals surface area contributed by atoms with Crippen molar-refractivity contribution in [3.63, 3.8) is 0 Å². The minimum Gasteiger partial charge on any atom is -0.305 e. The molecular weight excluding hydrogens is 300 g/mol. The molecule has 0 fully saturated rings. The molecule has 0 spiro atoms. The van der Waals surface area contributed by atoms with Gasteiger partial charge in [-0.15, -0.1) is 22.7 Å². The van der Waals surface area contributed by atoms with Crippen LogP contribution in [0.3, 0.4) is 0 Å². The number of hydrogen-bond acceptors (Lipinski definition) is 5. The first kappa shape index (κ1) is 14.7. The molecule has 2 aromatic heterocycles. The molecule has 3 N–H and O–H groups in total. The van der Waals surface area contributed by atoms with Crippen LogP contribution in [0.1, 0.15) is 22.2 Å². The summed E-state index contributed by atoms with van der Waals surface area (Å²) in [6.45, 7) is 0.622. The van der Waals surface area contributed by atoms with Gasteiger partial charge in [0, 0.05) is 9.75 Å². The van der Waals surface area contributed by atoms with E-state index >= 15 is 0 Å². The molecule has 0 aliphatic rings. The minimum absolute atomic E-state index is 0.0155. The Morgan fingerprint density at radius 1 is 1.16 bits per heavy atom. The van der Waals surface area contributed by atoms with Gasteiger partial charge in [0.2, 0.25) is 10.0 Å². The summed E-state index contributed by atoms with van der Waals surface area (Å²) >= 11 is 3.39. The lowest BCUT2D eigenvalue weighted by Gasteiger charge is -2.15. The van der Waals surface area contributed by atoms with Crippen LogP contribution < -0.4 is 10.5 Å². The Kier molecular flexibility index (Phi) is 5.12. The summed E-state index contributed by atoms with van der Waals surface area (Å²) in [7, 11) is -3.36. The Morgan fingerprint density at radius 2 is 1.74 bits per heavy atom. The summed E-state index contributed by atoms with van der Waals surface area (Å²) in [4.78, 5) is 2.47. The number of nitrogens with one attached hydrogen (secondary N) is 1. The van der Waals surface area contributed by atoms with Gasteiger partial charge >= 0.3 is 0 Å². The monoisotopic (exact) mass is 316 g/mol. The van der Waals surface area contributed by atoms with Crippen LogP contribution in [0.15, 0.2) is 35.0 Å². The second-order valence-electron chi connectivity index (χ2n) is 4.14. The lowest BCUT2D eigenvalue weighted by atomic mass is 10.2. The average Bonchev–Trinajstić information content (AvgIpc) is 3.00. The summed E-state index contributed by atoms with van der Waals surface area (Å²) in [5.74, 6) is 0.0155. The Morgan fingerprint density at radius 3 is 2.16 bits per heavy atom. The van der Waals surface area contributed by atoms with E-state index in [0.29, 0.717) is 13.0 Å². The fraction of sp³-hybridized carbons (Fsp3) is 0.333. The first-order chi connectivity index (χ1) is 9.06. The van der Waals surface area contributed by atoms with Crippen molar-refractivity contribution in [3.05, 3.63) is 44.8 Å². The molecule has 7 heteroatoms. The van der Waals surface area contributed by atoms with E-state index in [0.717, 1.165) is 0 Å². The van der Waals surface area contributed by atoms with Gasteiger partial charge in [0.15, 0.2) is 0 Å². The van der Waals surface area contributed by atoms with Crippen LogP contribution in [0, 0.1) is 0 Å². The van der Waals surface area contributed by atoms with Crippen LogP contribution in [0.4, 0.5) is 0 Å². The molecule has 0 unspecified atom stereocenters. The molecule has 19 heavy (non-hydrogen) atoms. The SMILES string of the molecule is NS(=O)(=O)CCCNC(c1cccs1)c1cccs1. The van der Waals surface area contributed by atoms with Crippen molar-refractivity contribution >= 4 is 32.7 Å². The Labute approximate surface area is 121 Å². The van der Waals surface area contributed by atoms with E-state index in [1.54, 1.807) is 22.7 Å². The Hall–Kier alpha value is -0.730. The summed E-state index contributed by atoms with van der Waals surface area (Å²) in [5, 5.41) is 12.5. The minimum atomic E-state index is -3.36. The van der Waals surface area contributed by atoms with E-state index in [1.807, 2.05) is 22.9 Å². The number of rotatable bonds is 7. The van der Waals surface area contributed by atoms with Crippen LogP contribution in [-0.2, 0) is 10.0 Å². The molecule has 4 nitrogen and oxygen atoms in total. The van der Waals surface area contributed by atoms with E-state index in [2.05, 4.69) is 17.4 Å². The highest BCUT2D eigenvalue weighted by molar-refractivity contribution is 7.89. The summed E-state index contributed by atoms with van der Waals surface area (Å²) in [6, 6.07) is 8.35. The van der Waals surface area contributed by atoms with Gasteiger partial charge in [-0.2, -0.15) is 0 Å². The van der Waals surface area contributed by atoms with Gasteiger partial charge in [-0.3, -0.25) is 0 Å². The highest BCUT2D eigenvalue weighted by Crippen LogP contribution is 2.28. The Balaban J connectivity index is 1.96. The normalized spacial score (nSPS) is 12.1. The molecule has 0 aliphatic carbocycles. The van der Waals surface area contributed by atoms with E-state index in [4.69, 9.17) is 5.14 Å². The van der Waals surface area contributed by atoms with Gasteiger partial charge in [-0.1, -0.05) is 12.1 Å². The zero-order valence-corrected chi connectivity index (χ0v) is 12.7. The van der Waals surface area contributed by atoms with Crippen molar-refractivity contribution in [1.29, 1.82) is 0 Å². The van der Waals surface area contributed by atoms with Gasteiger partial charge in [0.1, 0.15) is 0 Å². The van der Waals surface area contributed by atoms with Crippen LogP contribution >= 0.6 is 22.7 Å². The predicted molar refractivity (Wildman–Crippen MR) is 81.1 cm³/mol. The van der Waals surface area contributed by atoms with Crippen LogP contribution in [0.5, 0.6) is 0 Å². The van der Waals surface area contributed by atoms with E-state index in [1.165, 1.54) is 9.75 Å². The largest absolute Gasteiger partial charge is 0.305 e. The summed E-state index contributed by atoms with van der Waals surface area (Å²) in [6.07, 6.45) is 0.520. The highest BCUT2D eigenvalue weighted by Gasteiger charge is 2.15. The summed E-state index contributed by atoms with van der Waals surface area (Å²) in [5.41, 5.74) is 0. The second kappa shape index (κ2) is 6.62. The van der Waals surface area contributed by atoms with Crippen LogP contribution in [0.2, 0.25) is 0 Å². The second-order valence-corrected chi connectivity index (χ2v) is 7.83. The zero-order chi connectivity index (χ0) is 13.7. The van der Waals surface area contributed by atoms with Gasteiger partial charge in [0.05, 0.1) is 11.8 Å². The molecule has 0 bridgehead atoms. The van der Waals surface area contributed by atoms with Crippen molar-refractivity contribution < 1.29 is 8.42 Å². The molecule has 0 atom stereocenters. The fourth-order valence-corrected chi connectivity index (χ4v) is 4.03. The molecule has 2 rings (SSSR count). The fourth-order valence-electron chi connectivity index (χ4n) is 1.77. The summed E-state index contributed by atoms with van der Waals surface area (Å²) < 4.78 is 21.8. The molecule has 0 aromatic carbocycles. The number of thiophene rings is 2. The van der Waals surface area contributed by atoms with E-state index in [9.17, 15) is 8.42 Å². The zero-order valence-electron chi connectivity index (χ0n) is 10.3.